The third-order valence-electron chi connectivity index (χ3n) is 5.59. The molecule has 0 fully saturated rings. The van der Waals surface area contributed by atoms with Gasteiger partial charge in [0.25, 0.3) is 0 Å². The van der Waals surface area contributed by atoms with E-state index in [1.165, 1.54) is 39.3 Å². The number of aryl methyl sites for hydroxylation is 1. The Morgan fingerprint density at radius 1 is 1.18 bits per heavy atom. The van der Waals surface area contributed by atoms with Gasteiger partial charge in [-0.2, -0.15) is 4.31 Å². The Morgan fingerprint density at radius 2 is 2.00 bits per heavy atom. The number of hydrogen-bond donors (Lipinski definition) is 0. The number of fused-ring (bicyclic) bond motifs is 1. The van der Waals surface area contributed by atoms with Gasteiger partial charge in [0, 0.05) is 29.0 Å². The molecule has 1 atom stereocenters. The second kappa shape index (κ2) is 10.5. The zero-order valence-electron chi connectivity index (χ0n) is 19.3. The summed E-state index contributed by atoms with van der Waals surface area (Å²) in [5, 5.41) is 5.23. The van der Waals surface area contributed by atoms with Crippen LogP contribution in [0, 0.1) is 12.8 Å². The number of carbonyl (C=O) groups is 1. The van der Waals surface area contributed by atoms with Crippen molar-refractivity contribution in [1.82, 2.24) is 14.3 Å². The Hall–Kier alpha value is -2.40. The molecule has 0 aliphatic rings. The third-order valence-corrected chi connectivity index (χ3v) is 8.90. The van der Waals surface area contributed by atoms with Gasteiger partial charge < -0.3 is 4.42 Å². The standard InChI is InChI=1S/C24H27N3O4S3/c1-16(2)4-6-23(28)22(11-19-13-32-15-25-19)27(12-20-14-33-17(3)26-20)34(29,30)21-5-7-24-18(10-21)8-9-31-24/h5,7-10,13-16,22H,4,6,11-12H2,1-3H3/t22-/m0/s1. The van der Waals surface area contributed by atoms with Crippen molar-refractivity contribution in [2.75, 3.05) is 0 Å². The highest BCUT2D eigenvalue weighted by atomic mass is 32.2. The normalized spacial score (nSPS) is 13.2. The van der Waals surface area contributed by atoms with Gasteiger partial charge in [-0.15, -0.1) is 22.7 Å². The molecule has 0 amide bonds. The predicted octanol–water partition coefficient (Wildman–Crippen LogP) is 5.46. The van der Waals surface area contributed by atoms with Gasteiger partial charge in [-0.05, 0) is 43.5 Å². The van der Waals surface area contributed by atoms with E-state index >= 15 is 0 Å². The summed E-state index contributed by atoms with van der Waals surface area (Å²) >= 11 is 2.88. The first-order valence-corrected chi connectivity index (χ1v) is 14.3. The van der Waals surface area contributed by atoms with E-state index in [2.05, 4.69) is 23.8 Å². The van der Waals surface area contributed by atoms with Crippen LogP contribution in [0.3, 0.4) is 0 Å². The molecule has 0 unspecified atom stereocenters. The second-order valence-corrected chi connectivity index (χ2v) is 12.3. The van der Waals surface area contributed by atoms with Gasteiger partial charge in [0.2, 0.25) is 10.0 Å². The Kier molecular flexibility index (Phi) is 7.61. The van der Waals surface area contributed by atoms with Crippen molar-refractivity contribution in [3.8, 4) is 0 Å². The summed E-state index contributed by atoms with van der Waals surface area (Å²) < 4.78 is 34.7. The smallest absolute Gasteiger partial charge is 0.244 e. The first-order chi connectivity index (χ1) is 16.2. The summed E-state index contributed by atoms with van der Waals surface area (Å²) in [6.07, 6.45) is 2.74. The van der Waals surface area contributed by atoms with E-state index in [9.17, 15) is 13.2 Å². The number of carbonyl (C=O) groups excluding carboxylic acids is 1. The van der Waals surface area contributed by atoms with E-state index in [0.29, 0.717) is 41.1 Å². The van der Waals surface area contributed by atoms with E-state index in [4.69, 9.17) is 4.42 Å². The molecule has 0 radical (unpaired) electrons. The molecule has 0 aliphatic heterocycles. The minimum Gasteiger partial charge on any atom is -0.464 e. The first-order valence-electron chi connectivity index (χ1n) is 11.0. The van der Waals surface area contributed by atoms with Crippen molar-refractivity contribution in [3.63, 3.8) is 0 Å². The first kappa shape index (κ1) is 24.7. The van der Waals surface area contributed by atoms with Crippen molar-refractivity contribution in [1.29, 1.82) is 0 Å². The van der Waals surface area contributed by atoms with Crippen LogP contribution in [0.5, 0.6) is 0 Å². The summed E-state index contributed by atoms with van der Waals surface area (Å²) in [5.74, 6) is 0.222. The number of aromatic nitrogens is 2. The predicted molar refractivity (Wildman–Crippen MR) is 134 cm³/mol. The fourth-order valence-electron chi connectivity index (χ4n) is 3.75. The Morgan fingerprint density at radius 3 is 2.68 bits per heavy atom. The molecule has 3 heterocycles. The number of rotatable bonds is 11. The van der Waals surface area contributed by atoms with Gasteiger partial charge in [-0.1, -0.05) is 13.8 Å². The fraction of sp³-hybridized carbons (Fsp3) is 0.375. The molecule has 3 aromatic heterocycles. The zero-order chi connectivity index (χ0) is 24.3. The van der Waals surface area contributed by atoms with Crippen LogP contribution >= 0.6 is 22.7 Å². The molecule has 0 saturated heterocycles. The van der Waals surface area contributed by atoms with Crippen LogP contribution in [0.25, 0.3) is 11.0 Å². The Balaban J connectivity index is 1.78. The number of benzene rings is 1. The van der Waals surface area contributed by atoms with E-state index in [1.807, 2.05) is 17.7 Å². The van der Waals surface area contributed by atoms with Gasteiger partial charge in [-0.3, -0.25) is 4.79 Å². The number of Topliss-reactive ketones (excluding diaryl/α,β-unsaturated/α-hetero) is 1. The molecule has 34 heavy (non-hydrogen) atoms. The minimum absolute atomic E-state index is 0.0122. The van der Waals surface area contributed by atoms with Crippen molar-refractivity contribution in [2.24, 2.45) is 5.92 Å². The van der Waals surface area contributed by atoms with E-state index in [1.54, 1.807) is 23.7 Å². The van der Waals surface area contributed by atoms with Crippen LogP contribution in [0.2, 0.25) is 0 Å². The zero-order valence-corrected chi connectivity index (χ0v) is 21.8. The van der Waals surface area contributed by atoms with E-state index < -0.39 is 16.1 Å². The lowest BCUT2D eigenvalue weighted by atomic mass is 9.99. The quantitative estimate of drug-likeness (QED) is 0.262. The minimum atomic E-state index is -4.03. The number of hydrogen-bond acceptors (Lipinski definition) is 8. The van der Waals surface area contributed by atoms with Crippen LogP contribution in [0.1, 0.15) is 43.1 Å². The molecule has 0 saturated carbocycles. The van der Waals surface area contributed by atoms with E-state index in [-0.39, 0.29) is 23.6 Å². The summed E-state index contributed by atoms with van der Waals surface area (Å²) in [6, 6.07) is 5.60. The number of furan rings is 1. The van der Waals surface area contributed by atoms with Crippen molar-refractivity contribution in [2.45, 2.75) is 57.5 Å². The lowest BCUT2D eigenvalue weighted by Crippen LogP contribution is -2.46. The molecular formula is C24H27N3O4S3. The molecular weight excluding hydrogens is 490 g/mol. The average Bonchev–Trinajstić information content (AvgIpc) is 3.56. The number of thiazole rings is 2. The maximum absolute atomic E-state index is 14.0. The SMILES string of the molecule is Cc1nc(CN([C@@H](Cc2cscn2)C(=O)CCC(C)C)S(=O)(=O)c2ccc3occc3c2)cs1. The molecule has 0 N–H and O–H groups in total. The highest BCUT2D eigenvalue weighted by Crippen LogP contribution is 2.28. The van der Waals surface area contributed by atoms with Gasteiger partial charge in [0.15, 0.2) is 5.78 Å². The molecule has 4 aromatic rings. The molecule has 0 aliphatic carbocycles. The average molecular weight is 518 g/mol. The van der Waals surface area contributed by atoms with Gasteiger partial charge in [-0.25, -0.2) is 18.4 Å². The molecule has 180 valence electrons. The lowest BCUT2D eigenvalue weighted by Gasteiger charge is -2.29. The highest BCUT2D eigenvalue weighted by molar-refractivity contribution is 7.89. The maximum atomic E-state index is 14.0. The number of ketones is 1. The molecule has 1 aromatic carbocycles. The van der Waals surface area contributed by atoms with Gasteiger partial charge in [0.05, 0.1) is 45.7 Å². The van der Waals surface area contributed by atoms with E-state index in [0.717, 1.165) is 5.01 Å². The van der Waals surface area contributed by atoms with Crippen molar-refractivity contribution in [3.05, 3.63) is 63.2 Å². The molecule has 0 spiro atoms. The monoisotopic (exact) mass is 517 g/mol. The van der Waals surface area contributed by atoms with Crippen LogP contribution in [0.4, 0.5) is 0 Å². The Bertz CT molecular complexity index is 1360. The lowest BCUT2D eigenvalue weighted by molar-refractivity contribution is -0.123. The van der Waals surface area contributed by atoms with Gasteiger partial charge in [0.1, 0.15) is 5.58 Å². The van der Waals surface area contributed by atoms with Crippen molar-refractivity contribution < 1.29 is 17.6 Å². The summed E-state index contributed by atoms with van der Waals surface area (Å²) in [7, 11) is -4.03. The molecule has 7 nitrogen and oxygen atoms in total. The van der Waals surface area contributed by atoms with Crippen LogP contribution < -0.4 is 0 Å². The summed E-state index contributed by atoms with van der Waals surface area (Å²) in [6.45, 7) is 5.99. The number of nitrogens with zero attached hydrogens (tertiary/aromatic N) is 3. The topological polar surface area (TPSA) is 93.4 Å². The largest absolute Gasteiger partial charge is 0.464 e. The van der Waals surface area contributed by atoms with Gasteiger partial charge >= 0.3 is 0 Å². The fourth-order valence-corrected chi connectivity index (χ4v) is 6.55. The molecule has 10 heteroatoms. The third kappa shape index (κ3) is 5.63. The molecule has 4 rings (SSSR count). The molecule has 0 bridgehead atoms. The highest BCUT2D eigenvalue weighted by Gasteiger charge is 2.37. The summed E-state index contributed by atoms with van der Waals surface area (Å²) in [5.41, 5.74) is 3.62. The van der Waals surface area contributed by atoms with Crippen LogP contribution in [-0.2, 0) is 27.8 Å². The Labute approximate surface area is 207 Å². The van der Waals surface area contributed by atoms with Crippen LogP contribution in [-0.4, -0.2) is 34.5 Å². The second-order valence-electron chi connectivity index (χ2n) is 8.63. The summed E-state index contributed by atoms with van der Waals surface area (Å²) in [4.78, 5) is 22.4. The van der Waals surface area contributed by atoms with Crippen molar-refractivity contribution >= 4 is 49.4 Å². The van der Waals surface area contributed by atoms with Crippen LogP contribution in [0.15, 0.2) is 56.1 Å². The maximum Gasteiger partial charge on any atom is 0.244 e. The number of sulfonamides is 1.